The number of hydrogen-bond acceptors (Lipinski definition) is 2. The topological polar surface area (TPSA) is 12.5 Å². The van der Waals surface area contributed by atoms with Crippen LogP contribution in [-0.4, -0.2) is 31.1 Å². The van der Waals surface area contributed by atoms with E-state index in [1.165, 1.54) is 11.1 Å². The van der Waals surface area contributed by atoms with Crippen molar-refractivity contribution in [2.24, 2.45) is 0 Å². The van der Waals surface area contributed by atoms with Gasteiger partial charge in [0.1, 0.15) is 5.75 Å². The zero-order valence-electron chi connectivity index (χ0n) is 11.2. The summed E-state index contributed by atoms with van der Waals surface area (Å²) in [6, 6.07) is 6.51. The average molecular weight is 300 g/mol. The van der Waals surface area contributed by atoms with E-state index in [-0.39, 0.29) is 0 Å². The number of rotatable bonds is 6. The Kier molecular flexibility index (Phi) is 6.00. The van der Waals surface area contributed by atoms with E-state index >= 15 is 0 Å². The first-order chi connectivity index (χ1) is 8.08. The van der Waals surface area contributed by atoms with E-state index in [0.717, 1.165) is 24.2 Å². The zero-order valence-corrected chi connectivity index (χ0v) is 12.8. The smallest absolute Gasteiger partial charge is 0.122 e. The van der Waals surface area contributed by atoms with E-state index in [1.807, 2.05) is 0 Å². The molecule has 0 N–H and O–H groups in total. The molecule has 17 heavy (non-hydrogen) atoms. The van der Waals surface area contributed by atoms with Crippen LogP contribution in [0.5, 0.6) is 5.75 Å². The molecule has 0 amide bonds. The summed E-state index contributed by atoms with van der Waals surface area (Å²) in [5.74, 6) is 1.50. The molecule has 0 spiro atoms. The number of hydrogen-bond donors (Lipinski definition) is 0. The van der Waals surface area contributed by atoms with Crippen LogP contribution in [-0.2, 0) is 6.42 Å². The van der Waals surface area contributed by atoms with Crippen molar-refractivity contribution < 1.29 is 4.74 Å². The molecule has 0 fully saturated rings. The van der Waals surface area contributed by atoms with Crippen LogP contribution in [0.2, 0.25) is 0 Å². The molecule has 0 aliphatic carbocycles. The lowest BCUT2D eigenvalue weighted by Crippen LogP contribution is -2.19. The molecule has 2 nitrogen and oxygen atoms in total. The molecule has 1 aromatic carbocycles. The van der Waals surface area contributed by atoms with Crippen LogP contribution in [0.25, 0.3) is 0 Å². The molecule has 0 heterocycles. The first kappa shape index (κ1) is 14.5. The number of alkyl halides is 1. The molecule has 0 saturated carbocycles. The Morgan fingerprint density at radius 3 is 2.59 bits per heavy atom. The lowest BCUT2D eigenvalue weighted by molar-refractivity contribution is 0.399. The zero-order chi connectivity index (χ0) is 12.8. The highest BCUT2D eigenvalue weighted by Gasteiger charge is 2.08. The predicted molar refractivity (Wildman–Crippen MR) is 77.2 cm³/mol. The SMILES string of the molecule is COc1ccc(CCN(C)CBr)cc1C(C)C. The molecule has 0 radical (unpaired) electrons. The van der Waals surface area contributed by atoms with Gasteiger partial charge in [0.25, 0.3) is 0 Å². The maximum absolute atomic E-state index is 5.39. The third-order valence-corrected chi connectivity index (χ3v) is 3.76. The highest BCUT2D eigenvalue weighted by atomic mass is 79.9. The number of likely N-dealkylation sites (N-methyl/N-ethyl adjacent to an activating group) is 1. The van der Waals surface area contributed by atoms with Crippen molar-refractivity contribution in [2.45, 2.75) is 26.2 Å². The summed E-state index contributed by atoms with van der Waals surface area (Å²) in [6.07, 6.45) is 1.08. The monoisotopic (exact) mass is 299 g/mol. The molecule has 0 bridgehead atoms. The molecule has 96 valence electrons. The van der Waals surface area contributed by atoms with Gasteiger partial charge in [-0.15, -0.1) is 0 Å². The average Bonchev–Trinajstić information content (AvgIpc) is 2.35. The van der Waals surface area contributed by atoms with Crippen molar-refractivity contribution in [1.29, 1.82) is 0 Å². The Bertz CT molecular complexity index is 352. The maximum atomic E-state index is 5.39. The quantitative estimate of drug-likeness (QED) is 0.587. The largest absolute Gasteiger partial charge is 0.496 e. The van der Waals surface area contributed by atoms with Crippen molar-refractivity contribution in [1.82, 2.24) is 4.90 Å². The Morgan fingerprint density at radius 1 is 1.35 bits per heavy atom. The van der Waals surface area contributed by atoms with Crippen molar-refractivity contribution >= 4 is 15.9 Å². The first-order valence-electron chi connectivity index (χ1n) is 5.99. The molecule has 3 heteroatoms. The van der Waals surface area contributed by atoms with Crippen molar-refractivity contribution in [3.05, 3.63) is 29.3 Å². The van der Waals surface area contributed by atoms with Crippen molar-refractivity contribution in [3.8, 4) is 5.75 Å². The van der Waals surface area contributed by atoms with Crippen LogP contribution in [0.3, 0.4) is 0 Å². The van der Waals surface area contributed by atoms with Gasteiger partial charge >= 0.3 is 0 Å². The van der Waals surface area contributed by atoms with Crippen LogP contribution in [0, 0.1) is 0 Å². The summed E-state index contributed by atoms with van der Waals surface area (Å²) in [5, 5.41) is 0. The minimum Gasteiger partial charge on any atom is -0.496 e. The van der Waals surface area contributed by atoms with E-state index in [9.17, 15) is 0 Å². The highest BCUT2D eigenvalue weighted by molar-refractivity contribution is 9.09. The van der Waals surface area contributed by atoms with Gasteiger partial charge in [-0.2, -0.15) is 0 Å². The molecule has 0 aromatic heterocycles. The second kappa shape index (κ2) is 7.02. The second-order valence-electron chi connectivity index (χ2n) is 4.68. The number of benzene rings is 1. The minimum atomic E-state index is 0.499. The Morgan fingerprint density at radius 2 is 2.06 bits per heavy atom. The van der Waals surface area contributed by atoms with E-state index in [1.54, 1.807) is 7.11 Å². The van der Waals surface area contributed by atoms with Gasteiger partial charge < -0.3 is 4.74 Å². The molecule has 0 saturated heterocycles. The molecule has 0 atom stereocenters. The second-order valence-corrected chi connectivity index (χ2v) is 5.18. The molecule has 0 aliphatic rings. The predicted octanol–water partition coefficient (Wildman–Crippen LogP) is 3.65. The normalized spacial score (nSPS) is 11.2. The van der Waals surface area contributed by atoms with Gasteiger partial charge in [0.2, 0.25) is 0 Å². The molecular formula is C14H22BrNO. The fourth-order valence-electron chi connectivity index (χ4n) is 1.77. The summed E-state index contributed by atoms with van der Waals surface area (Å²) in [6.45, 7) is 5.47. The third kappa shape index (κ3) is 4.32. The fraction of sp³-hybridized carbons (Fsp3) is 0.571. The summed E-state index contributed by atoms with van der Waals surface area (Å²) in [7, 11) is 3.85. The van der Waals surface area contributed by atoms with E-state index in [2.05, 4.69) is 59.9 Å². The lowest BCUT2D eigenvalue weighted by Gasteiger charge is -2.16. The van der Waals surface area contributed by atoms with Gasteiger partial charge in [0, 0.05) is 6.54 Å². The van der Waals surface area contributed by atoms with E-state index in [4.69, 9.17) is 4.74 Å². The standard InChI is InChI=1S/C14H22BrNO/c1-11(2)13-9-12(5-6-14(13)17-4)7-8-16(3)10-15/h5-6,9,11H,7-8,10H2,1-4H3. The third-order valence-electron chi connectivity index (χ3n) is 2.90. The van der Waals surface area contributed by atoms with Gasteiger partial charge in [-0.25, -0.2) is 0 Å². The molecule has 1 rings (SSSR count). The minimum absolute atomic E-state index is 0.499. The van der Waals surface area contributed by atoms with Crippen LogP contribution in [0.4, 0.5) is 0 Å². The van der Waals surface area contributed by atoms with Gasteiger partial charge in [0.05, 0.1) is 12.6 Å². The van der Waals surface area contributed by atoms with Gasteiger partial charge in [-0.1, -0.05) is 41.9 Å². The van der Waals surface area contributed by atoms with Gasteiger partial charge in [0.15, 0.2) is 0 Å². The Balaban J connectivity index is 2.78. The number of nitrogens with zero attached hydrogens (tertiary/aromatic N) is 1. The number of methoxy groups -OCH3 is 1. The van der Waals surface area contributed by atoms with Crippen LogP contribution in [0.15, 0.2) is 18.2 Å². The Labute approximate surface area is 113 Å². The maximum Gasteiger partial charge on any atom is 0.122 e. The van der Waals surface area contributed by atoms with E-state index < -0.39 is 0 Å². The molecular weight excluding hydrogens is 278 g/mol. The molecule has 0 unspecified atom stereocenters. The highest BCUT2D eigenvalue weighted by Crippen LogP contribution is 2.27. The van der Waals surface area contributed by atoms with Gasteiger partial charge in [-0.05, 0) is 36.6 Å². The van der Waals surface area contributed by atoms with Crippen LogP contribution < -0.4 is 4.74 Å². The van der Waals surface area contributed by atoms with E-state index in [0.29, 0.717) is 5.92 Å². The first-order valence-corrected chi connectivity index (χ1v) is 7.12. The summed E-state index contributed by atoms with van der Waals surface area (Å²) in [5.41, 5.74) is 3.59. The van der Waals surface area contributed by atoms with Crippen LogP contribution >= 0.6 is 15.9 Å². The van der Waals surface area contributed by atoms with Crippen molar-refractivity contribution in [2.75, 3.05) is 26.2 Å². The van der Waals surface area contributed by atoms with Gasteiger partial charge in [-0.3, -0.25) is 4.90 Å². The summed E-state index contributed by atoms with van der Waals surface area (Å²) in [4.78, 5) is 2.25. The molecule has 1 aromatic rings. The fourth-order valence-corrected chi connectivity index (χ4v) is 2.02. The van der Waals surface area contributed by atoms with Crippen LogP contribution in [0.1, 0.15) is 30.9 Å². The summed E-state index contributed by atoms with van der Waals surface area (Å²) < 4.78 is 5.39. The Hall–Kier alpha value is -0.540. The summed E-state index contributed by atoms with van der Waals surface area (Å²) >= 11 is 3.45. The number of halogens is 1. The van der Waals surface area contributed by atoms with Crippen molar-refractivity contribution in [3.63, 3.8) is 0 Å². The number of ether oxygens (including phenoxy) is 1. The molecule has 0 aliphatic heterocycles. The lowest BCUT2D eigenvalue weighted by atomic mass is 9.98.